The molecule has 4 atom stereocenters. The van der Waals surface area contributed by atoms with Gasteiger partial charge in [0.1, 0.15) is 5.75 Å². The third-order valence-corrected chi connectivity index (χ3v) is 9.85. The molecule has 7 heteroatoms. The summed E-state index contributed by atoms with van der Waals surface area (Å²) in [5.74, 6) is -0.532. The van der Waals surface area contributed by atoms with E-state index in [4.69, 9.17) is 4.74 Å². The van der Waals surface area contributed by atoms with Gasteiger partial charge >= 0.3 is 0 Å². The van der Waals surface area contributed by atoms with E-state index in [1.54, 1.807) is 6.07 Å². The molecule has 2 aliphatic heterocycles. The van der Waals surface area contributed by atoms with E-state index in [-0.39, 0.29) is 41.4 Å². The van der Waals surface area contributed by atoms with Crippen molar-refractivity contribution in [2.45, 2.75) is 52.6 Å². The van der Waals surface area contributed by atoms with Crippen molar-refractivity contribution in [3.63, 3.8) is 0 Å². The van der Waals surface area contributed by atoms with Crippen LogP contribution in [0.15, 0.2) is 94.0 Å². The molecule has 2 heterocycles. The van der Waals surface area contributed by atoms with E-state index in [0.29, 0.717) is 18.7 Å². The number of para-hydroxylation sites is 1. The van der Waals surface area contributed by atoms with E-state index in [2.05, 4.69) is 48.1 Å². The molecule has 3 aliphatic rings. The van der Waals surface area contributed by atoms with Crippen LogP contribution >= 0.6 is 15.9 Å². The van der Waals surface area contributed by atoms with Gasteiger partial charge in [0.15, 0.2) is 0 Å². The number of carbonyl (C=O) groups excluding carboxylic acids is 2. The fourth-order valence-electron chi connectivity index (χ4n) is 7.12. The lowest BCUT2D eigenvalue weighted by molar-refractivity contribution is -0.122. The predicted molar refractivity (Wildman–Crippen MR) is 179 cm³/mol. The minimum Gasteiger partial charge on any atom is -0.507 e. The Bertz CT molecular complexity index is 1610. The Morgan fingerprint density at radius 3 is 2.45 bits per heavy atom. The van der Waals surface area contributed by atoms with Crippen LogP contribution in [0.3, 0.4) is 0 Å². The number of allylic oxidation sites excluding steroid dienone is 2. The van der Waals surface area contributed by atoms with Crippen LogP contribution in [0.25, 0.3) is 6.08 Å². The summed E-state index contributed by atoms with van der Waals surface area (Å²) in [6, 6.07) is 22.9. The Labute approximate surface area is 267 Å². The zero-order valence-electron chi connectivity index (χ0n) is 25.4. The van der Waals surface area contributed by atoms with Gasteiger partial charge in [-0.3, -0.25) is 14.5 Å². The fourth-order valence-corrected chi connectivity index (χ4v) is 7.50. The molecular weight excluding hydrogens is 616 g/mol. The molecular formula is C37H39BrN2O4. The zero-order chi connectivity index (χ0) is 31.0. The third-order valence-electron chi connectivity index (χ3n) is 9.36. The number of phenolic OH excluding ortho intramolecular Hbond substituents is 1. The second kappa shape index (κ2) is 12.7. The maximum atomic E-state index is 14.0. The minimum absolute atomic E-state index is 0.0790. The van der Waals surface area contributed by atoms with Crippen molar-refractivity contribution in [3.8, 4) is 5.75 Å². The van der Waals surface area contributed by atoms with Crippen molar-refractivity contribution in [1.82, 2.24) is 0 Å². The van der Waals surface area contributed by atoms with Gasteiger partial charge in [-0.05, 0) is 91.8 Å². The minimum atomic E-state index is -0.396. The monoisotopic (exact) mass is 654 g/mol. The first-order valence-corrected chi connectivity index (χ1v) is 16.4. The number of halogens is 1. The van der Waals surface area contributed by atoms with Crippen LogP contribution in [0, 0.1) is 23.7 Å². The van der Waals surface area contributed by atoms with E-state index >= 15 is 0 Å². The summed E-state index contributed by atoms with van der Waals surface area (Å²) in [5, 5.41) is 13.7. The molecule has 3 aromatic carbocycles. The second-order valence-electron chi connectivity index (χ2n) is 12.3. The Morgan fingerprint density at radius 1 is 1.02 bits per heavy atom. The van der Waals surface area contributed by atoms with E-state index in [1.165, 1.54) is 21.6 Å². The summed E-state index contributed by atoms with van der Waals surface area (Å²) in [5.41, 5.74) is 7.03. The second-order valence-corrected chi connectivity index (χ2v) is 13.3. The van der Waals surface area contributed by atoms with Gasteiger partial charge in [-0.15, -0.1) is 0 Å². The number of rotatable bonds is 9. The summed E-state index contributed by atoms with van der Waals surface area (Å²) in [4.78, 5) is 29.3. The molecule has 2 saturated heterocycles. The highest BCUT2D eigenvalue weighted by atomic mass is 79.9. The molecule has 0 bridgehead atoms. The van der Waals surface area contributed by atoms with Crippen molar-refractivity contribution in [3.05, 3.63) is 99.6 Å². The maximum Gasteiger partial charge on any atom is 0.238 e. The number of amides is 2. The normalized spacial score (nSPS) is 23.4. The average molecular weight is 656 g/mol. The number of aromatic hydroxyl groups is 1. The Morgan fingerprint density at radius 2 is 1.75 bits per heavy atom. The van der Waals surface area contributed by atoms with Gasteiger partial charge in [-0.2, -0.15) is 0 Å². The van der Waals surface area contributed by atoms with Crippen molar-refractivity contribution >= 4 is 50.9 Å². The standard InChI is InChI=1S/C37H39BrN2O4/c1-4-23(18-24-19-25(38)11-16-32(24)41)10-17-33-34-29(22(2)3)20-30-35(31(34)21-44-33)37(43)40(36(30)42)28-14-12-27(13-15-28)39-26-8-6-5-7-9-26/h5-9,11-16,18-19,22,30-31,33,35,39,41H,4,10,17,20-21H2,1-3H3/b23-18+/t30-,31+,33-,35-/m1/s1. The zero-order valence-corrected chi connectivity index (χ0v) is 27.0. The van der Waals surface area contributed by atoms with Crippen LogP contribution in [0.1, 0.15) is 52.0 Å². The topological polar surface area (TPSA) is 78.9 Å². The quantitative estimate of drug-likeness (QED) is 0.178. The molecule has 44 heavy (non-hydrogen) atoms. The smallest absolute Gasteiger partial charge is 0.238 e. The van der Waals surface area contributed by atoms with E-state index in [1.807, 2.05) is 66.7 Å². The number of hydrogen-bond donors (Lipinski definition) is 2. The summed E-state index contributed by atoms with van der Waals surface area (Å²) in [6.45, 7) is 6.95. The number of carbonyl (C=O) groups is 2. The molecule has 0 aromatic heterocycles. The van der Waals surface area contributed by atoms with Crippen molar-refractivity contribution < 1.29 is 19.4 Å². The molecule has 2 fully saturated rings. The summed E-state index contributed by atoms with van der Waals surface area (Å²) in [6.07, 6.45) is 5.08. The first-order valence-electron chi connectivity index (χ1n) is 15.6. The van der Waals surface area contributed by atoms with Crippen LogP contribution in [-0.4, -0.2) is 29.6 Å². The Balaban J connectivity index is 1.21. The molecule has 1 aliphatic carbocycles. The van der Waals surface area contributed by atoms with Gasteiger partial charge in [0.2, 0.25) is 11.8 Å². The van der Waals surface area contributed by atoms with Crippen LogP contribution < -0.4 is 10.2 Å². The van der Waals surface area contributed by atoms with E-state index in [0.717, 1.165) is 40.7 Å². The molecule has 0 unspecified atom stereocenters. The highest BCUT2D eigenvalue weighted by Gasteiger charge is 2.57. The molecule has 3 aromatic rings. The third kappa shape index (κ3) is 5.87. The van der Waals surface area contributed by atoms with Gasteiger partial charge < -0.3 is 15.2 Å². The number of ether oxygens (including phenoxy) is 1. The van der Waals surface area contributed by atoms with Crippen molar-refractivity contribution in [1.29, 1.82) is 0 Å². The van der Waals surface area contributed by atoms with E-state index in [9.17, 15) is 14.7 Å². The van der Waals surface area contributed by atoms with Gasteiger partial charge in [0, 0.05) is 27.3 Å². The van der Waals surface area contributed by atoms with Crippen molar-refractivity contribution in [2.75, 3.05) is 16.8 Å². The molecule has 2 N–H and O–H groups in total. The lowest BCUT2D eigenvalue weighted by Crippen LogP contribution is -2.35. The van der Waals surface area contributed by atoms with Gasteiger partial charge in [0.05, 0.1) is 30.2 Å². The Kier molecular flexibility index (Phi) is 8.79. The van der Waals surface area contributed by atoms with Crippen LogP contribution in [0.2, 0.25) is 0 Å². The number of nitrogens with one attached hydrogen (secondary N) is 1. The number of benzene rings is 3. The Hall–Kier alpha value is -3.68. The number of hydrogen-bond acceptors (Lipinski definition) is 5. The first kappa shape index (κ1) is 30.4. The van der Waals surface area contributed by atoms with Crippen LogP contribution in [-0.2, 0) is 14.3 Å². The average Bonchev–Trinajstić information content (AvgIpc) is 3.55. The number of phenols is 1. The molecule has 0 spiro atoms. The van der Waals surface area contributed by atoms with Gasteiger partial charge in [0.25, 0.3) is 0 Å². The number of nitrogens with zero attached hydrogens (tertiary/aromatic N) is 1. The molecule has 228 valence electrons. The molecule has 2 amide bonds. The summed E-state index contributed by atoms with van der Waals surface area (Å²) >= 11 is 3.50. The molecule has 6 rings (SSSR count). The number of fused-ring (bicyclic) bond motifs is 3. The summed E-state index contributed by atoms with van der Waals surface area (Å²) < 4.78 is 7.36. The number of anilines is 3. The van der Waals surface area contributed by atoms with Gasteiger partial charge in [-0.25, -0.2) is 0 Å². The number of imide groups is 1. The highest BCUT2D eigenvalue weighted by molar-refractivity contribution is 9.10. The fraction of sp³-hybridized carbons (Fsp3) is 0.351. The largest absolute Gasteiger partial charge is 0.507 e. The molecule has 0 saturated carbocycles. The maximum absolute atomic E-state index is 14.0. The highest BCUT2D eigenvalue weighted by Crippen LogP contribution is 2.52. The van der Waals surface area contributed by atoms with Crippen molar-refractivity contribution in [2.24, 2.45) is 23.7 Å². The van der Waals surface area contributed by atoms with Crippen LogP contribution in [0.5, 0.6) is 5.75 Å². The van der Waals surface area contributed by atoms with Gasteiger partial charge in [-0.1, -0.05) is 72.1 Å². The lowest BCUT2D eigenvalue weighted by Gasteiger charge is -2.33. The molecule has 6 nitrogen and oxygen atoms in total. The van der Waals surface area contributed by atoms with E-state index < -0.39 is 5.92 Å². The predicted octanol–water partition coefficient (Wildman–Crippen LogP) is 8.65. The summed E-state index contributed by atoms with van der Waals surface area (Å²) in [7, 11) is 0. The lowest BCUT2D eigenvalue weighted by atomic mass is 9.67. The molecule has 0 radical (unpaired) electrons. The SMILES string of the molecule is CC/C(=C\c1cc(Br)ccc1O)CC[C@H]1OC[C@H]2C1=C(C(C)C)C[C@H]1C(=O)N(c3ccc(Nc4ccccc4)cc3)C(=O)[C@H]12. The van der Waals surface area contributed by atoms with Crippen LogP contribution in [0.4, 0.5) is 17.1 Å². The first-order chi connectivity index (χ1) is 21.2.